The molecule has 0 aromatic heterocycles. The first-order chi connectivity index (χ1) is 15.9. The lowest BCUT2D eigenvalue weighted by atomic mass is 10.1. The minimum absolute atomic E-state index is 0.000140. The van der Waals surface area contributed by atoms with E-state index in [0.29, 0.717) is 11.4 Å². The Bertz CT molecular complexity index is 1020. The topological polar surface area (TPSA) is 117 Å². The zero-order chi connectivity index (χ0) is 24.0. The number of methoxy groups -OCH3 is 3. The average Bonchev–Trinajstić information content (AvgIpc) is 2.86. The number of nitro groups is 1. The monoisotopic (exact) mass is 458 g/mol. The molecule has 1 aliphatic rings. The molecule has 0 amide bonds. The first-order valence-electron chi connectivity index (χ1n) is 10.4. The van der Waals surface area contributed by atoms with Crippen LogP contribution in [0.1, 0.15) is 40.0 Å². The van der Waals surface area contributed by atoms with Crippen LogP contribution in [-0.2, 0) is 4.74 Å². The Morgan fingerprint density at radius 3 is 2.12 bits per heavy atom. The number of nitrogens with zero attached hydrogens (tertiary/aromatic N) is 2. The third kappa shape index (κ3) is 5.33. The van der Waals surface area contributed by atoms with Crippen molar-refractivity contribution >= 4 is 23.1 Å². The van der Waals surface area contributed by atoms with Gasteiger partial charge in [-0.3, -0.25) is 14.9 Å². The Balaban J connectivity index is 1.74. The van der Waals surface area contributed by atoms with E-state index in [-0.39, 0.29) is 28.3 Å². The average molecular weight is 458 g/mol. The summed E-state index contributed by atoms with van der Waals surface area (Å²) in [7, 11) is 4.29. The maximum absolute atomic E-state index is 12.6. The fourth-order valence-corrected chi connectivity index (χ4v) is 3.74. The minimum Gasteiger partial charge on any atom is -0.493 e. The van der Waals surface area contributed by atoms with E-state index in [9.17, 15) is 19.7 Å². The van der Waals surface area contributed by atoms with Crippen molar-refractivity contribution in [3.63, 3.8) is 0 Å². The molecule has 1 saturated heterocycles. The first-order valence-corrected chi connectivity index (χ1v) is 10.4. The zero-order valence-corrected chi connectivity index (χ0v) is 18.8. The van der Waals surface area contributed by atoms with Crippen LogP contribution in [0.5, 0.6) is 17.2 Å². The Labute approximate surface area is 191 Å². The summed E-state index contributed by atoms with van der Waals surface area (Å²) in [6.07, 6.45) is 3.02. The smallest absolute Gasteiger partial charge is 0.338 e. The lowest BCUT2D eigenvalue weighted by Gasteiger charge is -2.28. The second kappa shape index (κ2) is 10.7. The fraction of sp³-hybridized carbons (Fsp3) is 0.391. The molecule has 0 atom stereocenters. The SMILES string of the molecule is COc1cc(C(=O)COC(=O)c2ccc(N3CCCCC3)c([N+](=O)[O-])c2)cc(OC)c1OC. The van der Waals surface area contributed by atoms with Crippen LogP contribution in [-0.4, -0.2) is 57.7 Å². The number of carbonyl (C=O) groups is 2. The highest BCUT2D eigenvalue weighted by Crippen LogP contribution is 2.38. The molecule has 33 heavy (non-hydrogen) atoms. The lowest BCUT2D eigenvalue weighted by molar-refractivity contribution is -0.384. The van der Waals surface area contributed by atoms with E-state index < -0.39 is 23.3 Å². The molecule has 3 rings (SSSR count). The fourth-order valence-electron chi connectivity index (χ4n) is 3.74. The van der Waals surface area contributed by atoms with Crippen LogP contribution >= 0.6 is 0 Å². The molecule has 0 spiro atoms. The molecule has 10 nitrogen and oxygen atoms in total. The Morgan fingerprint density at radius 1 is 0.939 bits per heavy atom. The van der Waals surface area contributed by atoms with Crippen LogP contribution < -0.4 is 19.1 Å². The molecular formula is C23H26N2O8. The van der Waals surface area contributed by atoms with Crippen molar-refractivity contribution in [1.29, 1.82) is 0 Å². The van der Waals surface area contributed by atoms with Crippen LogP contribution in [0.2, 0.25) is 0 Å². The molecule has 1 aliphatic heterocycles. The third-order valence-corrected chi connectivity index (χ3v) is 5.43. The highest BCUT2D eigenvalue weighted by Gasteiger charge is 2.24. The van der Waals surface area contributed by atoms with Gasteiger partial charge in [-0.05, 0) is 43.5 Å². The van der Waals surface area contributed by atoms with Gasteiger partial charge in [-0.15, -0.1) is 0 Å². The third-order valence-electron chi connectivity index (χ3n) is 5.43. The first kappa shape index (κ1) is 23.8. The molecule has 2 aromatic carbocycles. The summed E-state index contributed by atoms with van der Waals surface area (Å²) in [4.78, 5) is 38.2. The number of anilines is 1. The Kier molecular flexibility index (Phi) is 7.70. The molecular weight excluding hydrogens is 432 g/mol. The van der Waals surface area contributed by atoms with Gasteiger partial charge in [-0.1, -0.05) is 0 Å². The maximum Gasteiger partial charge on any atom is 0.338 e. The molecule has 1 heterocycles. The Morgan fingerprint density at radius 2 is 1.58 bits per heavy atom. The predicted octanol–water partition coefficient (Wildman–Crippen LogP) is 3.65. The normalized spacial score (nSPS) is 13.2. The van der Waals surface area contributed by atoms with Gasteiger partial charge in [0.25, 0.3) is 5.69 Å². The van der Waals surface area contributed by atoms with Crippen molar-refractivity contribution in [1.82, 2.24) is 0 Å². The molecule has 0 N–H and O–H groups in total. The lowest BCUT2D eigenvalue weighted by Crippen LogP contribution is -2.30. The van der Waals surface area contributed by atoms with E-state index in [2.05, 4.69) is 0 Å². The van der Waals surface area contributed by atoms with Crippen LogP contribution in [0.15, 0.2) is 30.3 Å². The minimum atomic E-state index is -0.830. The number of ether oxygens (including phenoxy) is 4. The highest BCUT2D eigenvalue weighted by atomic mass is 16.6. The number of hydrogen-bond acceptors (Lipinski definition) is 9. The van der Waals surface area contributed by atoms with Crippen molar-refractivity contribution < 1.29 is 33.5 Å². The number of piperidine rings is 1. The molecule has 0 saturated carbocycles. The number of nitro benzene ring substituents is 1. The van der Waals surface area contributed by atoms with Crippen LogP contribution in [0.3, 0.4) is 0 Å². The van der Waals surface area contributed by atoms with Gasteiger partial charge in [0.15, 0.2) is 18.1 Å². The number of carbonyl (C=O) groups excluding carboxylic acids is 2. The van der Waals surface area contributed by atoms with Gasteiger partial charge < -0.3 is 23.8 Å². The van der Waals surface area contributed by atoms with E-state index in [1.165, 1.54) is 45.6 Å². The number of rotatable bonds is 9. The quantitative estimate of drug-likeness (QED) is 0.240. The highest BCUT2D eigenvalue weighted by molar-refractivity contribution is 6.00. The predicted molar refractivity (Wildman–Crippen MR) is 120 cm³/mol. The van der Waals surface area contributed by atoms with Gasteiger partial charge in [-0.2, -0.15) is 0 Å². The number of Topliss-reactive ketones (excluding diaryl/α,β-unsaturated/α-hetero) is 1. The summed E-state index contributed by atoms with van der Waals surface area (Å²) in [5.74, 6) is -0.424. The Hall–Kier alpha value is -3.82. The van der Waals surface area contributed by atoms with Crippen molar-refractivity contribution in [3.05, 3.63) is 51.6 Å². The van der Waals surface area contributed by atoms with Crippen molar-refractivity contribution in [2.45, 2.75) is 19.3 Å². The number of ketones is 1. The van der Waals surface area contributed by atoms with Gasteiger partial charge in [0.2, 0.25) is 11.5 Å². The van der Waals surface area contributed by atoms with E-state index in [0.717, 1.165) is 32.4 Å². The summed E-state index contributed by atoms with van der Waals surface area (Å²) in [5, 5.41) is 11.6. The van der Waals surface area contributed by atoms with Crippen LogP contribution in [0.25, 0.3) is 0 Å². The van der Waals surface area contributed by atoms with Gasteiger partial charge >= 0.3 is 5.97 Å². The van der Waals surface area contributed by atoms with Crippen molar-refractivity contribution in [3.8, 4) is 17.2 Å². The second-order valence-corrected chi connectivity index (χ2v) is 7.42. The van der Waals surface area contributed by atoms with Crippen LogP contribution in [0, 0.1) is 10.1 Å². The molecule has 0 radical (unpaired) electrons. The summed E-state index contributed by atoms with van der Waals surface area (Å²) < 4.78 is 20.8. The zero-order valence-electron chi connectivity index (χ0n) is 18.8. The standard InChI is InChI=1S/C23H26N2O8/c1-30-20-12-16(13-21(31-2)22(20)32-3)19(26)14-33-23(27)15-7-8-17(18(11-15)25(28)29)24-9-5-4-6-10-24/h7-8,11-13H,4-6,9-10,14H2,1-3H3. The molecule has 0 unspecified atom stereocenters. The number of hydrogen-bond donors (Lipinski definition) is 0. The van der Waals surface area contributed by atoms with Crippen LogP contribution in [0.4, 0.5) is 11.4 Å². The molecule has 2 aromatic rings. The van der Waals surface area contributed by atoms with Crippen molar-refractivity contribution in [2.75, 3.05) is 45.9 Å². The summed E-state index contributed by atoms with van der Waals surface area (Å²) in [6.45, 7) is 0.904. The summed E-state index contributed by atoms with van der Waals surface area (Å²) >= 11 is 0. The van der Waals surface area contributed by atoms with Gasteiger partial charge in [0.05, 0.1) is 31.8 Å². The van der Waals surface area contributed by atoms with E-state index >= 15 is 0 Å². The number of esters is 1. The molecule has 10 heteroatoms. The largest absolute Gasteiger partial charge is 0.493 e. The van der Waals surface area contributed by atoms with Gasteiger partial charge in [0.1, 0.15) is 5.69 Å². The van der Waals surface area contributed by atoms with E-state index in [1.807, 2.05) is 4.90 Å². The molecule has 176 valence electrons. The molecule has 0 aliphatic carbocycles. The van der Waals surface area contributed by atoms with Gasteiger partial charge in [0, 0.05) is 24.7 Å². The van der Waals surface area contributed by atoms with Gasteiger partial charge in [-0.25, -0.2) is 4.79 Å². The maximum atomic E-state index is 12.6. The summed E-state index contributed by atoms with van der Waals surface area (Å²) in [6, 6.07) is 7.13. The van der Waals surface area contributed by atoms with E-state index in [1.54, 1.807) is 6.07 Å². The summed E-state index contributed by atoms with van der Waals surface area (Å²) in [5.41, 5.74) is 0.510. The van der Waals surface area contributed by atoms with E-state index in [4.69, 9.17) is 18.9 Å². The molecule has 0 bridgehead atoms. The number of benzene rings is 2. The van der Waals surface area contributed by atoms with Crippen molar-refractivity contribution in [2.24, 2.45) is 0 Å². The second-order valence-electron chi connectivity index (χ2n) is 7.42. The molecule has 1 fully saturated rings.